The zero-order valence-electron chi connectivity index (χ0n) is 16.0. The second-order valence-corrected chi connectivity index (χ2v) is 7.53. The van der Waals surface area contributed by atoms with E-state index in [0.717, 1.165) is 11.1 Å². The number of aldehydes is 1. The molecule has 1 aliphatic rings. The molecule has 29 heavy (non-hydrogen) atoms. The van der Waals surface area contributed by atoms with Crippen molar-refractivity contribution in [2.45, 2.75) is 30.6 Å². The molecular formula is C26H22F2O. The largest absolute Gasteiger partial charge is 0.302 e. The van der Waals surface area contributed by atoms with Crippen molar-refractivity contribution in [2.24, 2.45) is 0 Å². The predicted molar refractivity (Wildman–Crippen MR) is 112 cm³/mol. The van der Waals surface area contributed by atoms with Crippen molar-refractivity contribution in [1.29, 1.82) is 0 Å². The molecule has 0 amide bonds. The number of benzene rings is 3. The first-order valence-electron chi connectivity index (χ1n) is 9.79. The molecule has 1 nitrogen and oxygen atoms in total. The minimum Gasteiger partial charge on any atom is -0.302 e. The van der Waals surface area contributed by atoms with Crippen LogP contribution in [0.4, 0.5) is 8.78 Å². The third kappa shape index (κ3) is 3.42. The summed E-state index contributed by atoms with van der Waals surface area (Å²) < 4.78 is 32.0. The maximum Gasteiger partial charge on any atom is 0.271 e. The molecule has 0 N–H and O–H groups in total. The van der Waals surface area contributed by atoms with Crippen LogP contribution in [0.15, 0.2) is 90.5 Å². The van der Waals surface area contributed by atoms with E-state index in [2.05, 4.69) is 0 Å². The van der Waals surface area contributed by atoms with Crippen molar-refractivity contribution in [3.05, 3.63) is 113 Å². The molecule has 0 saturated carbocycles. The molecule has 0 radical (unpaired) electrons. The Morgan fingerprint density at radius 3 is 2.14 bits per heavy atom. The van der Waals surface area contributed by atoms with Crippen LogP contribution in [0.3, 0.4) is 0 Å². The van der Waals surface area contributed by atoms with E-state index >= 15 is 8.78 Å². The number of aryl methyl sites for hydroxylation is 1. The molecule has 3 heteroatoms. The number of carbonyl (C=O) groups excluding carboxylic acids is 1. The van der Waals surface area contributed by atoms with Gasteiger partial charge >= 0.3 is 0 Å². The number of alkyl halides is 2. The van der Waals surface area contributed by atoms with E-state index in [4.69, 9.17) is 0 Å². The summed E-state index contributed by atoms with van der Waals surface area (Å²) in [5, 5.41) is 0. The van der Waals surface area contributed by atoms with Gasteiger partial charge in [-0.05, 0) is 40.7 Å². The summed E-state index contributed by atoms with van der Waals surface area (Å²) in [5.74, 6) is -3.27. The molecule has 0 bridgehead atoms. The summed E-state index contributed by atoms with van der Waals surface area (Å²) in [4.78, 5) is 12.6. The second kappa shape index (κ2) is 7.75. The molecule has 1 atom stereocenters. The smallest absolute Gasteiger partial charge is 0.271 e. The molecule has 0 aromatic heterocycles. The third-order valence-electron chi connectivity index (χ3n) is 5.78. The Balaban J connectivity index is 1.91. The fourth-order valence-corrected chi connectivity index (χ4v) is 4.35. The number of hydrogen-bond acceptors (Lipinski definition) is 1. The van der Waals surface area contributed by atoms with Gasteiger partial charge in [-0.2, -0.15) is 0 Å². The second-order valence-electron chi connectivity index (χ2n) is 7.53. The maximum atomic E-state index is 16.0. The van der Waals surface area contributed by atoms with Crippen molar-refractivity contribution in [1.82, 2.24) is 0 Å². The van der Waals surface area contributed by atoms with Gasteiger partial charge in [-0.25, -0.2) is 8.78 Å². The Morgan fingerprint density at radius 1 is 0.828 bits per heavy atom. The van der Waals surface area contributed by atoms with Crippen LogP contribution in [0, 0.1) is 0 Å². The van der Waals surface area contributed by atoms with Gasteiger partial charge in [0.1, 0.15) is 11.7 Å². The molecule has 0 spiro atoms. The lowest BCUT2D eigenvalue weighted by Gasteiger charge is -2.43. The van der Waals surface area contributed by atoms with Crippen LogP contribution >= 0.6 is 0 Å². The van der Waals surface area contributed by atoms with Crippen LogP contribution in [0.1, 0.15) is 28.7 Å². The van der Waals surface area contributed by atoms with Gasteiger partial charge in [-0.1, -0.05) is 91.0 Å². The lowest BCUT2D eigenvalue weighted by molar-refractivity contribution is -0.127. The molecule has 0 fully saturated rings. The quantitative estimate of drug-likeness (QED) is 0.488. The zero-order chi connectivity index (χ0) is 20.3. The molecule has 1 unspecified atom stereocenters. The molecule has 0 heterocycles. The summed E-state index contributed by atoms with van der Waals surface area (Å²) in [6.45, 7) is 0. The van der Waals surface area contributed by atoms with E-state index in [9.17, 15) is 4.79 Å². The van der Waals surface area contributed by atoms with E-state index < -0.39 is 17.8 Å². The summed E-state index contributed by atoms with van der Waals surface area (Å²) >= 11 is 0. The number of allylic oxidation sites excluding steroid dienone is 1. The van der Waals surface area contributed by atoms with Crippen molar-refractivity contribution < 1.29 is 13.6 Å². The Hall–Kier alpha value is -3.07. The van der Waals surface area contributed by atoms with Crippen molar-refractivity contribution >= 4 is 12.4 Å². The standard InChI is InChI=1S/C26H22F2O/c27-26(28,18-21-11-5-2-6-12-21)25(19-29)23(17-20-9-3-1-4-10-20)16-15-22-13-7-8-14-24(22)25/h1-14,17,19H,15-16,18H2/b23-17+. The molecular weight excluding hydrogens is 366 g/mol. The molecule has 0 aliphatic heterocycles. The lowest BCUT2D eigenvalue weighted by atomic mass is 9.62. The van der Waals surface area contributed by atoms with Crippen molar-refractivity contribution in [2.75, 3.05) is 0 Å². The Kier molecular flexibility index (Phi) is 5.14. The molecule has 0 saturated heterocycles. The maximum absolute atomic E-state index is 16.0. The molecule has 4 rings (SSSR count). The van der Waals surface area contributed by atoms with E-state index in [-0.39, 0.29) is 0 Å². The zero-order valence-corrected chi connectivity index (χ0v) is 16.0. The predicted octanol–water partition coefficient (Wildman–Crippen LogP) is 6.03. The highest BCUT2D eigenvalue weighted by Gasteiger charge is 2.58. The SMILES string of the molecule is O=CC1(C(F)(F)Cc2ccccc2)/C(=C/c2ccccc2)CCc2ccccc21. The first kappa shape index (κ1) is 19.3. The first-order chi connectivity index (χ1) is 14.1. The number of hydrogen-bond donors (Lipinski definition) is 0. The number of carbonyl (C=O) groups is 1. The number of fused-ring (bicyclic) bond motifs is 1. The topological polar surface area (TPSA) is 17.1 Å². The highest BCUT2D eigenvalue weighted by atomic mass is 19.3. The fourth-order valence-electron chi connectivity index (χ4n) is 4.35. The van der Waals surface area contributed by atoms with Crippen molar-refractivity contribution in [3.63, 3.8) is 0 Å². The number of rotatable bonds is 5. The molecule has 146 valence electrons. The summed E-state index contributed by atoms with van der Waals surface area (Å²) in [6.07, 6.45) is 2.82. The summed E-state index contributed by atoms with van der Waals surface area (Å²) in [6, 6.07) is 25.1. The van der Waals surface area contributed by atoms with Crippen LogP contribution < -0.4 is 0 Å². The van der Waals surface area contributed by atoms with Gasteiger partial charge < -0.3 is 4.79 Å². The first-order valence-corrected chi connectivity index (χ1v) is 9.79. The normalized spacial score (nSPS) is 20.3. The van der Waals surface area contributed by atoms with Gasteiger partial charge in [0.05, 0.1) is 0 Å². The highest BCUT2D eigenvalue weighted by Crippen LogP contribution is 2.51. The van der Waals surface area contributed by atoms with Crippen LogP contribution in [0.2, 0.25) is 0 Å². The summed E-state index contributed by atoms with van der Waals surface area (Å²) in [7, 11) is 0. The van der Waals surface area contributed by atoms with Crippen LogP contribution in [0.25, 0.3) is 6.08 Å². The van der Waals surface area contributed by atoms with E-state index in [0.29, 0.717) is 35.8 Å². The Labute approximate surface area is 169 Å². The van der Waals surface area contributed by atoms with E-state index in [1.54, 1.807) is 48.5 Å². The van der Waals surface area contributed by atoms with Gasteiger partial charge in [0.15, 0.2) is 0 Å². The van der Waals surface area contributed by atoms with Crippen LogP contribution in [-0.4, -0.2) is 12.2 Å². The van der Waals surface area contributed by atoms with Crippen LogP contribution in [-0.2, 0) is 23.1 Å². The van der Waals surface area contributed by atoms with Gasteiger partial charge in [-0.15, -0.1) is 0 Å². The van der Waals surface area contributed by atoms with Gasteiger partial charge in [0, 0.05) is 6.42 Å². The van der Waals surface area contributed by atoms with Crippen LogP contribution in [0.5, 0.6) is 0 Å². The van der Waals surface area contributed by atoms with Gasteiger partial charge in [0.2, 0.25) is 0 Å². The Bertz CT molecular complexity index is 1020. The van der Waals surface area contributed by atoms with E-state index in [1.165, 1.54) is 0 Å². The Morgan fingerprint density at radius 2 is 1.45 bits per heavy atom. The minimum atomic E-state index is -3.27. The third-order valence-corrected chi connectivity index (χ3v) is 5.78. The average molecular weight is 388 g/mol. The van der Waals surface area contributed by atoms with E-state index in [1.807, 2.05) is 42.5 Å². The summed E-state index contributed by atoms with van der Waals surface area (Å²) in [5.41, 5.74) is 1.07. The highest BCUT2D eigenvalue weighted by molar-refractivity contribution is 5.82. The van der Waals surface area contributed by atoms with Crippen molar-refractivity contribution in [3.8, 4) is 0 Å². The van der Waals surface area contributed by atoms with Gasteiger partial charge in [-0.3, -0.25) is 0 Å². The molecule has 3 aromatic rings. The monoisotopic (exact) mass is 388 g/mol. The van der Waals surface area contributed by atoms with Gasteiger partial charge in [0.25, 0.3) is 5.92 Å². The number of halogens is 2. The molecule has 3 aromatic carbocycles. The lowest BCUT2D eigenvalue weighted by Crippen LogP contribution is -2.51. The molecule has 1 aliphatic carbocycles. The average Bonchev–Trinajstić information content (AvgIpc) is 2.74. The minimum absolute atomic E-state index is 0.421. The fraction of sp³-hybridized carbons (Fsp3) is 0.192.